The lowest BCUT2D eigenvalue weighted by molar-refractivity contribution is -0.120. The zero-order valence-corrected chi connectivity index (χ0v) is 16.8. The maximum atomic E-state index is 12.4. The van der Waals surface area contributed by atoms with Crippen LogP contribution in [0.5, 0.6) is 0 Å². The Bertz CT molecular complexity index is 787. The van der Waals surface area contributed by atoms with Crippen LogP contribution in [0.4, 0.5) is 0 Å². The Morgan fingerprint density at radius 1 is 1.26 bits per heavy atom. The number of nitrogens with zero attached hydrogens (tertiary/aromatic N) is 4. The van der Waals surface area contributed by atoms with E-state index in [4.69, 9.17) is 0 Å². The highest BCUT2D eigenvalue weighted by Crippen LogP contribution is 2.17. The van der Waals surface area contributed by atoms with Crippen molar-refractivity contribution in [2.24, 2.45) is 5.92 Å². The molecule has 0 aromatic carbocycles. The number of aromatic nitrogens is 4. The van der Waals surface area contributed by atoms with Crippen molar-refractivity contribution in [2.75, 3.05) is 19.6 Å². The van der Waals surface area contributed by atoms with Gasteiger partial charge in [0.05, 0.1) is 12.1 Å². The third-order valence-electron chi connectivity index (χ3n) is 5.21. The fourth-order valence-corrected chi connectivity index (χ4v) is 3.74. The second-order valence-corrected chi connectivity index (χ2v) is 7.54. The van der Waals surface area contributed by atoms with Crippen LogP contribution >= 0.6 is 0 Å². The molecule has 1 unspecified atom stereocenters. The van der Waals surface area contributed by atoms with E-state index in [9.17, 15) is 4.79 Å². The lowest BCUT2D eigenvalue weighted by atomic mass is 9.96. The Morgan fingerprint density at radius 2 is 2.00 bits per heavy atom. The molecule has 0 saturated carbocycles. The molecule has 146 valence electrons. The van der Waals surface area contributed by atoms with Gasteiger partial charge in [-0.1, -0.05) is 0 Å². The van der Waals surface area contributed by atoms with Crippen molar-refractivity contribution in [3.63, 3.8) is 0 Å². The molecule has 0 radical (unpaired) electrons. The van der Waals surface area contributed by atoms with E-state index in [-0.39, 0.29) is 5.91 Å². The molecule has 0 aliphatic carbocycles. The number of carbonyl (C=O) groups is 1. The monoisotopic (exact) mass is 370 g/mol. The third kappa shape index (κ3) is 4.91. The van der Waals surface area contributed by atoms with Crippen LogP contribution in [0.2, 0.25) is 0 Å². The second-order valence-electron chi connectivity index (χ2n) is 7.54. The number of carbonyl (C=O) groups excluding carboxylic acids is 1. The van der Waals surface area contributed by atoms with Gasteiger partial charge in [-0.05, 0) is 72.0 Å². The lowest BCUT2D eigenvalue weighted by Gasteiger charge is -2.22. The highest BCUT2D eigenvalue weighted by Gasteiger charge is 2.18. The Balaban J connectivity index is 1.63. The molecule has 1 fully saturated rings. The van der Waals surface area contributed by atoms with Crippen LogP contribution in [-0.2, 0) is 11.2 Å². The van der Waals surface area contributed by atoms with Gasteiger partial charge in [0.25, 0.3) is 5.95 Å². The summed E-state index contributed by atoms with van der Waals surface area (Å²) in [6.07, 6.45) is 3.86. The minimum atomic E-state index is 0.0471. The molecule has 0 spiro atoms. The summed E-state index contributed by atoms with van der Waals surface area (Å²) in [5, 5.41) is 11.1. The summed E-state index contributed by atoms with van der Waals surface area (Å²) in [5.41, 5.74) is 4.53. The fourth-order valence-electron chi connectivity index (χ4n) is 3.74. The average Bonchev–Trinajstić information content (AvgIpc) is 2.90. The molecular formula is C20H30N6O. The topological polar surface area (TPSA) is 84.7 Å². The number of amides is 1. The van der Waals surface area contributed by atoms with E-state index in [0.717, 1.165) is 54.4 Å². The zero-order chi connectivity index (χ0) is 19.4. The van der Waals surface area contributed by atoms with Gasteiger partial charge >= 0.3 is 0 Å². The molecule has 3 rings (SSSR count). The van der Waals surface area contributed by atoms with Gasteiger partial charge in [0, 0.05) is 29.2 Å². The summed E-state index contributed by atoms with van der Waals surface area (Å²) in [7, 11) is 0. The number of hydrogen-bond acceptors (Lipinski definition) is 5. The van der Waals surface area contributed by atoms with Gasteiger partial charge < -0.3 is 10.6 Å². The lowest BCUT2D eigenvalue weighted by Crippen LogP contribution is -2.33. The Kier molecular flexibility index (Phi) is 6.21. The predicted molar refractivity (Wildman–Crippen MR) is 105 cm³/mol. The van der Waals surface area contributed by atoms with E-state index >= 15 is 0 Å². The molecule has 1 amide bonds. The number of hydrogen-bond donors (Lipinski definition) is 2. The molecular weight excluding hydrogens is 340 g/mol. The van der Waals surface area contributed by atoms with Crippen LogP contribution in [0.15, 0.2) is 6.07 Å². The van der Waals surface area contributed by atoms with E-state index in [1.807, 2.05) is 33.8 Å². The molecule has 2 N–H and O–H groups in total. The maximum absolute atomic E-state index is 12.4. The maximum Gasteiger partial charge on any atom is 0.251 e. The summed E-state index contributed by atoms with van der Waals surface area (Å²) in [6, 6.07) is 1.94. The highest BCUT2D eigenvalue weighted by atomic mass is 16.1. The summed E-state index contributed by atoms with van der Waals surface area (Å²) >= 11 is 0. The molecule has 7 nitrogen and oxygen atoms in total. The standard InChI is InChI=1S/C20H30N6O/c1-13-10-14(2)24-20(23-13)26-16(4)18(15(3)25-26)11-19(27)22-9-7-17-6-5-8-21-12-17/h10,17,21H,5-9,11-12H2,1-4H3,(H,22,27). The van der Waals surface area contributed by atoms with E-state index < -0.39 is 0 Å². The van der Waals surface area contributed by atoms with Crippen molar-refractivity contribution in [1.82, 2.24) is 30.4 Å². The van der Waals surface area contributed by atoms with Crippen molar-refractivity contribution in [2.45, 2.75) is 53.4 Å². The fraction of sp³-hybridized carbons (Fsp3) is 0.600. The Hall–Kier alpha value is -2.28. The third-order valence-corrected chi connectivity index (χ3v) is 5.21. The van der Waals surface area contributed by atoms with E-state index in [2.05, 4.69) is 25.7 Å². The predicted octanol–water partition coefficient (Wildman–Crippen LogP) is 1.94. The molecule has 1 aliphatic heterocycles. The van der Waals surface area contributed by atoms with Gasteiger partial charge in [-0.15, -0.1) is 0 Å². The minimum absolute atomic E-state index is 0.0471. The molecule has 1 saturated heterocycles. The normalized spacial score (nSPS) is 17.1. The molecule has 1 aliphatic rings. The summed E-state index contributed by atoms with van der Waals surface area (Å²) in [5.74, 6) is 1.28. The minimum Gasteiger partial charge on any atom is -0.356 e. The van der Waals surface area contributed by atoms with Gasteiger partial charge in [-0.2, -0.15) is 5.10 Å². The van der Waals surface area contributed by atoms with Gasteiger partial charge in [0.2, 0.25) is 5.91 Å². The van der Waals surface area contributed by atoms with Crippen molar-refractivity contribution in [1.29, 1.82) is 0 Å². The van der Waals surface area contributed by atoms with E-state index in [1.165, 1.54) is 12.8 Å². The van der Waals surface area contributed by atoms with Gasteiger partial charge in [0.15, 0.2) is 0 Å². The SMILES string of the molecule is Cc1cc(C)nc(-n2nc(C)c(CC(=O)NCCC3CCCNC3)c2C)n1. The number of aryl methyl sites for hydroxylation is 3. The average molecular weight is 371 g/mol. The van der Waals surface area contributed by atoms with Crippen LogP contribution in [0.3, 0.4) is 0 Å². The van der Waals surface area contributed by atoms with Crippen molar-refractivity contribution < 1.29 is 4.79 Å². The molecule has 2 aromatic rings. The quantitative estimate of drug-likeness (QED) is 0.812. The second kappa shape index (κ2) is 8.61. The summed E-state index contributed by atoms with van der Waals surface area (Å²) in [6.45, 7) is 10.7. The molecule has 27 heavy (non-hydrogen) atoms. The molecule has 1 atom stereocenters. The number of piperidine rings is 1. The highest BCUT2D eigenvalue weighted by molar-refractivity contribution is 5.79. The van der Waals surface area contributed by atoms with Crippen LogP contribution in [0.1, 0.15) is 47.6 Å². The molecule has 2 aromatic heterocycles. The largest absolute Gasteiger partial charge is 0.356 e. The number of rotatable bonds is 6. The molecule has 0 bridgehead atoms. The Labute approximate surface area is 161 Å². The molecule has 7 heteroatoms. The van der Waals surface area contributed by atoms with Crippen LogP contribution in [-0.4, -0.2) is 45.3 Å². The van der Waals surface area contributed by atoms with Crippen LogP contribution < -0.4 is 10.6 Å². The first-order chi connectivity index (χ1) is 12.9. The van der Waals surface area contributed by atoms with Gasteiger partial charge in [-0.25, -0.2) is 14.6 Å². The van der Waals surface area contributed by atoms with Gasteiger partial charge in [-0.3, -0.25) is 4.79 Å². The van der Waals surface area contributed by atoms with E-state index in [1.54, 1.807) is 4.68 Å². The van der Waals surface area contributed by atoms with Crippen molar-refractivity contribution in [3.8, 4) is 5.95 Å². The zero-order valence-electron chi connectivity index (χ0n) is 16.8. The summed E-state index contributed by atoms with van der Waals surface area (Å²) in [4.78, 5) is 21.4. The molecule has 3 heterocycles. The smallest absolute Gasteiger partial charge is 0.251 e. The van der Waals surface area contributed by atoms with Crippen molar-refractivity contribution >= 4 is 5.91 Å². The first kappa shape index (κ1) is 19.5. The van der Waals surface area contributed by atoms with E-state index in [0.29, 0.717) is 18.3 Å². The first-order valence-corrected chi connectivity index (χ1v) is 9.79. The van der Waals surface area contributed by atoms with Crippen molar-refractivity contribution in [3.05, 3.63) is 34.4 Å². The number of nitrogens with one attached hydrogen (secondary N) is 2. The summed E-state index contributed by atoms with van der Waals surface area (Å²) < 4.78 is 1.74. The van der Waals surface area contributed by atoms with Crippen LogP contribution in [0.25, 0.3) is 5.95 Å². The van der Waals surface area contributed by atoms with Gasteiger partial charge in [0.1, 0.15) is 0 Å². The first-order valence-electron chi connectivity index (χ1n) is 9.79. The Morgan fingerprint density at radius 3 is 2.67 bits per heavy atom. The van der Waals surface area contributed by atoms with Crippen LogP contribution in [0, 0.1) is 33.6 Å².